The van der Waals surface area contributed by atoms with Crippen molar-refractivity contribution in [1.82, 2.24) is 4.90 Å². The Hall–Kier alpha value is -1.05. The summed E-state index contributed by atoms with van der Waals surface area (Å²) in [6.45, 7) is 7.67. The molecule has 0 bridgehead atoms. The van der Waals surface area contributed by atoms with Crippen molar-refractivity contribution in [3.63, 3.8) is 0 Å². The quantitative estimate of drug-likeness (QED) is 0.584. The molecule has 4 saturated carbocycles. The molecule has 0 aromatic heterocycles. The minimum atomic E-state index is -0.281. The Kier molecular flexibility index (Phi) is 6.84. The number of Topliss-reactive ketones (excluding diaryl/α,β-unsaturated/α-hetero) is 3. The lowest BCUT2D eigenvalue weighted by Crippen LogP contribution is -2.57. The second-order valence-electron chi connectivity index (χ2n) is 12.1. The van der Waals surface area contributed by atoms with Crippen LogP contribution < -0.4 is 0 Å². The number of ketones is 3. The van der Waals surface area contributed by atoms with E-state index in [1.54, 1.807) is 0 Å². The number of thioether (sulfide) groups is 1. The first kappa shape index (κ1) is 24.6. The molecule has 34 heavy (non-hydrogen) atoms. The van der Waals surface area contributed by atoms with E-state index in [1.807, 2.05) is 0 Å². The van der Waals surface area contributed by atoms with Gasteiger partial charge in [-0.15, -0.1) is 0 Å². The molecular weight excluding hydrogens is 450 g/mol. The number of nitrogens with zero attached hydrogens (tertiary/aromatic N) is 1. The lowest BCUT2D eigenvalue weighted by atomic mass is 9.44. The summed E-state index contributed by atoms with van der Waals surface area (Å²) in [6, 6.07) is 0. The molecule has 4 aliphatic carbocycles. The van der Waals surface area contributed by atoms with Gasteiger partial charge in [-0.25, -0.2) is 0 Å². The number of fused-ring (bicyclic) bond motifs is 5. The third-order valence-electron chi connectivity index (χ3n) is 10.4. The summed E-state index contributed by atoms with van der Waals surface area (Å²) < 4.78 is 5.34. The van der Waals surface area contributed by atoms with Crippen molar-refractivity contribution in [2.24, 2.45) is 40.4 Å². The molecule has 1 aliphatic heterocycles. The van der Waals surface area contributed by atoms with Crippen molar-refractivity contribution in [3.05, 3.63) is 0 Å². The molecule has 0 N–H and O–H groups in total. The van der Waals surface area contributed by atoms with Crippen molar-refractivity contribution in [3.8, 4) is 0 Å². The highest BCUT2D eigenvalue weighted by Crippen LogP contribution is 2.66. The van der Waals surface area contributed by atoms with E-state index in [1.165, 1.54) is 0 Å². The number of ether oxygens (including phenoxy) is 1. The van der Waals surface area contributed by atoms with Gasteiger partial charge in [-0.2, -0.15) is 0 Å². The summed E-state index contributed by atoms with van der Waals surface area (Å²) in [7, 11) is 0. The van der Waals surface area contributed by atoms with Crippen LogP contribution in [0.4, 0.5) is 0 Å². The van der Waals surface area contributed by atoms with E-state index >= 15 is 0 Å². The van der Waals surface area contributed by atoms with Gasteiger partial charge in [-0.1, -0.05) is 25.6 Å². The maximum atomic E-state index is 13.7. The highest BCUT2D eigenvalue weighted by molar-refractivity contribution is 8.14. The molecule has 5 fully saturated rings. The number of carbonyl (C=O) groups is 4. The second-order valence-corrected chi connectivity index (χ2v) is 13.1. The van der Waals surface area contributed by atoms with Crippen LogP contribution in [0.1, 0.15) is 65.2 Å². The maximum Gasteiger partial charge on any atom is 0.203 e. The summed E-state index contributed by atoms with van der Waals surface area (Å²) in [5.74, 6) is 2.08. The average Bonchev–Trinajstić information content (AvgIpc) is 3.15. The molecule has 1 saturated heterocycles. The number of hydrogen-bond acceptors (Lipinski definition) is 7. The fourth-order valence-electron chi connectivity index (χ4n) is 8.63. The van der Waals surface area contributed by atoms with Gasteiger partial charge in [0.05, 0.1) is 25.5 Å². The molecule has 0 aromatic carbocycles. The standard InChI is InChI=1S/C27H39NO5S/c1-26-8-7-18(29)13-17(26)3-4-19-20-5-6-21(27(20,2)14-22(30)25(19)26)23(31)16-34-24(32)15-28-9-11-33-12-10-28/h17,19-21,25H,3-16H2,1-2H3/t17-,19-,20-,21+,25+,26-,27-/m0/s1. The van der Waals surface area contributed by atoms with Crippen LogP contribution in [0.5, 0.6) is 0 Å². The summed E-state index contributed by atoms with van der Waals surface area (Å²) in [6.07, 6.45) is 6.48. The van der Waals surface area contributed by atoms with E-state index in [0.717, 1.165) is 57.0 Å². The fraction of sp³-hybridized carbons (Fsp3) is 0.852. The van der Waals surface area contributed by atoms with E-state index in [-0.39, 0.29) is 39.3 Å². The topological polar surface area (TPSA) is 80.8 Å². The molecule has 7 atom stereocenters. The Morgan fingerprint density at radius 2 is 1.82 bits per heavy atom. The van der Waals surface area contributed by atoms with Gasteiger partial charge in [0.15, 0.2) is 0 Å². The van der Waals surface area contributed by atoms with E-state index in [0.29, 0.717) is 68.3 Å². The molecule has 6 nitrogen and oxygen atoms in total. The van der Waals surface area contributed by atoms with Crippen LogP contribution in [0.3, 0.4) is 0 Å². The third-order valence-corrected chi connectivity index (χ3v) is 11.3. The van der Waals surface area contributed by atoms with Gasteiger partial charge in [-0.05, 0) is 60.7 Å². The highest BCUT2D eigenvalue weighted by atomic mass is 32.2. The minimum absolute atomic E-state index is 0.0489. The molecule has 0 unspecified atom stereocenters. The predicted molar refractivity (Wildman–Crippen MR) is 130 cm³/mol. The highest BCUT2D eigenvalue weighted by Gasteiger charge is 2.64. The summed E-state index contributed by atoms with van der Waals surface area (Å²) >= 11 is 1.15. The Bertz CT molecular complexity index is 869. The van der Waals surface area contributed by atoms with Gasteiger partial charge in [0.2, 0.25) is 5.12 Å². The Balaban J connectivity index is 1.24. The molecule has 0 radical (unpaired) electrons. The van der Waals surface area contributed by atoms with E-state index in [4.69, 9.17) is 4.74 Å². The zero-order chi connectivity index (χ0) is 24.1. The summed E-state index contributed by atoms with van der Waals surface area (Å²) in [4.78, 5) is 53.7. The molecule has 0 amide bonds. The van der Waals surface area contributed by atoms with Crippen LogP contribution in [0.15, 0.2) is 0 Å². The van der Waals surface area contributed by atoms with E-state index in [9.17, 15) is 19.2 Å². The van der Waals surface area contributed by atoms with Crippen molar-refractivity contribution in [1.29, 1.82) is 0 Å². The zero-order valence-corrected chi connectivity index (χ0v) is 21.5. The van der Waals surface area contributed by atoms with Crippen LogP contribution in [-0.4, -0.2) is 66.0 Å². The molecule has 188 valence electrons. The monoisotopic (exact) mass is 489 g/mol. The molecule has 0 spiro atoms. The van der Waals surface area contributed by atoms with Crippen LogP contribution in [0.2, 0.25) is 0 Å². The minimum Gasteiger partial charge on any atom is -0.379 e. The normalized spacial score (nSPS) is 42.6. The first-order chi connectivity index (χ1) is 16.2. The lowest BCUT2D eigenvalue weighted by Gasteiger charge is -2.59. The Morgan fingerprint density at radius 3 is 2.59 bits per heavy atom. The van der Waals surface area contributed by atoms with Crippen molar-refractivity contribution < 1.29 is 23.9 Å². The first-order valence-corrected chi connectivity index (χ1v) is 14.2. The number of rotatable bonds is 5. The van der Waals surface area contributed by atoms with Crippen LogP contribution in [0.25, 0.3) is 0 Å². The summed E-state index contributed by atoms with van der Waals surface area (Å²) in [5, 5.41) is 0.0489. The predicted octanol–water partition coefficient (Wildman–Crippen LogP) is 3.55. The third kappa shape index (κ3) is 4.24. The van der Waals surface area contributed by atoms with Gasteiger partial charge in [0, 0.05) is 44.2 Å². The van der Waals surface area contributed by atoms with Crippen LogP contribution >= 0.6 is 11.8 Å². The Morgan fingerprint density at radius 1 is 1.06 bits per heavy atom. The summed E-state index contributed by atoms with van der Waals surface area (Å²) in [5.41, 5.74) is -0.337. The molecule has 0 aromatic rings. The Labute approximate surface area is 207 Å². The van der Waals surface area contributed by atoms with Crippen molar-refractivity contribution >= 4 is 34.2 Å². The lowest BCUT2D eigenvalue weighted by molar-refractivity contribution is -0.161. The molecule has 1 heterocycles. The van der Waals surface area contributed by atoms with Crippen molar-refractivity contribution in [2.45, 2.75) is 65.2 Å². The van der Waals surface area contributed by atoms with Gasteiger partial charge < -0.3 is 4.74 Å². The average molecular weight is 490 g/mol. The van der Waals surface area contributed by atoms with Crippen LogP contribution in [-0.2, 0) is 23.9 Å². The zero-order valence-electron chi connectivity index (χ0n) is 20.7. The SMILES string of the molecule is C[C@]12CCC(=O)C[C@@H]1CC[C@H]1[C@@H]3CC[C@H](C(=O)CSC(=O)CN4CCOCC4)[C@@]3(C)CC(=O)[C@@H]12. The molecule has 7 heteroatoms. The maximum absolute atomic E-state index is 13.7. The molecule has 5 rings (SSSR count). The number of morpholine rings is 1. The molecular formula is C27H39NO5S. The van der Waals surface area contributed by atoms with Gasteiger partial charge in [0.25, 0.3) is 0 Å². The second kappa shape index (κ2) is 9.44. The first-order valence-electron chi connectivity index (χ1n) is 13.3. The molecule has 5 aliphatic rings. The van der Waals surface area contributed by atoms with Gasteiger partial charge in [-0.3, -0.25) is 24.1 Å². The smallest absolute Gasteiger partial charge is 0.203 e. The number of carbonyl (C=O) groups excluding carboxylic acids is 4. The fourth-order valence-corrected chi connectivity index (χ4v) is 9.41. The van der Waals surface area contributed by atoms with Gasteiger partial charge >= 0.3 is 0 Å². The van der Waals surface area contributed by atoms with Crippen LogP contribution in [0, 0.1) is 40.4 Å². The van der Waals surface area contributed by atoms with Crippen molar-refractivity contribution in [2.75, 3.05) is 38.6 Å². The number of hydrogen-bond donors (Lipinski definition) is 0. The van der Waals surface area contributed by atoms with E-state index < -0.39 is 0 Å². The van der Waals surface area contributed by atoms with E-state index in [2.05, 4.69) is 18.7 Å². The van der Waals surface area contributed by atoms with Gasteiger partial charge in [0.1, 0.15) is 17.3 Å². The largest absolute Gasteiger partial charge is 0.379 e.